The lowest BCUT2D eigenvalue weighted by atomic mass is 10.2. The Labute approximate surface area is 164 Å². The maximum absolute atomic E-state index is 12.8. The van der Waals surface area contributed by atoms with E-state index in [1.807, 2.05) is 17.0 Å². The van der Waals surface area contributed by atoms with Crippen LogP contribution in [0, 0.1) is 0 Å². The fourth-order valence-corrected chi connectivity index (χ4v) is 3.80. The van der Waals surface area contributed by atoms with Gasteiger partial charge in [-0.25, -0.2) is 0 Å². The Hall–Kier alpha value is -2.74. The summed E-state index contributed by atoms with van der Waals surface area (Å²) in [4.78, 5) is 17.1. The van der Waals surface area contributed by atoms with E-state index >= 15 is 0 Å². The second kappa shape index (κ2) is 8.10. The van der Waals surface area contributed by atoms with Gasteiger partial charge in [-0.3, -0.25) is 14.8 Å². The molecule has 8 nitrogen and oxygen atoms in total. The zero-order chi connectivity index (χ0) is 19.5. The van der Waals surface area contributed by atoms with Crippen LogP contribution in [0.15, 0.2) is 24.3 Å². The Morgan fingerprint density at radius 1 is 1.29 bits per heavy atom. The predicted octanol–water partition coefficient (Wildman–Crippen LogP) is 2.27. The topological polar surface area (TPSA) is 79.9 Å². The van der Waals surface area contributed by atoms with Crippen molar-refractivity contribution in [2.24, 2.45) is 0 Å². The summed E-state index contributed by atoms with van der Waals surface area (Å²) < 4.78 is 16.4. The van der Waals surface area contributed by atoms with Crippen molar-refractivity contribution in [3.05, 3.63) is 35.7 Å². The number of amides is 1. The minimum atomic E-state index is -0.0276. The molecule has 8 heteroatoms. The van der Waals surface area contributed by atoms with Gasteiger partial charge >= 0.3 is 0 Å². The molecule has 1 atom stereocenters. The Kier molecular flexibility index (Phi) is 5.38. The predicted molar refractivity (Wildman–Crippen MR) is 103 cm³/mol. The third-order valence-corrected chi connectivity index (χ3v) is 5.37. The van der Waals surface area contributed by atoms with Crippen LogP contribution in [-0.2, 0) is 6.61 Å². The van der Waals surface area contributed by atoms with Crippen molar-refractivity contribution in [1.29, 1.82) is 0 Å². The molecule has 1 amide bonds. The van der Waals surface area contributed by atoms with E-state index in [4.69, 9.17) is 14.2 Å². The number of aromatic nitrogens is 2. The van der Waals surface area contributed by atoms with E-state index in [1.165, 1.54) is 0 Å². The highest BCUT2D eigenvalue weighted by molar-refractivity contribution is 5.92. The highest BCUT2D eigenvalue weighted by Crippen LogP contribution is 2.35. The Morgan fingerprint density at radius 3 is 2.93 bits per heavy atom. The van der Waals surface area contributed by atoms with Crippen LogP contribution >= 0.6 is 0 Å². The molecule has 1 aromatic carbocycles. The minimum Gasteiger partial charge on any atom is -0.487 e. The summed E-state index contributed by atoms with van der Waals surface area (Å²) in [6.07, 6.45) is 1.01. The summed E-state index contributed by atoms with van der Waals surface area (Å²) >= 11 is 0. The van der Waals surface area contributed by atoms with E-state index < -0.39 is 0 Å². The molecule has 0 radical (unpaired) electrons. The first-order chi connectivity index (χ1) is 13.7. The van der Waals surface area contributed by atoms with E-state index in [2.05, 4.69) is 28.9 Å². The molecule has 0 saturated carbocycles. The summed E-state index contributed by atoms with van der Waals surface area (Å²) in [5.74, 6) is 2.04. The lowest BCUT2D eigenvalue weighted by Gasteiger charge is -2.25. The molecular formula is C20H26N4O4. The molecule has 2 aliphatic heterocycles. The van der Waals surface area contributed by atoms with Gasteiger partial charge in [0.25, 0.3) is 5.91 Å². The molecule has 28 heavy (non-hydrogen) atoms. The smallest absolute Gasteiger partial charge is 0.274 e. The monoisotopic (exact) mass is 386 g/mol. The number of hydrogen-bond donors (Lipinski definition) is 1. The van der Waals surface area contributed by atoms with Gasteiger partial charge < -0.3 is 19.1 Å². The lowest BCUT2D eigenvalue weighted by Crippen LogP contribution is -2.38. The van der Waals surface area contributed by atoms with Crippen molar-refractivity contribution in [2.75, 3.05) is 33.0 Å². The van der Waals surface area contributed by atoms with Crippen molar-refractivity contribution in [3.8, 4) is 17.2 Å². The fraction of sp³-hybridized carbons (Fsp3) is 0.500. The number of rotatable bonds is 7. The largest absolute Gasteiger partial charge is 0.487 e. The zero-order valence-electron chi connectivity index (χ0n) is 16.3. The van der Waals surface area contributed by atoms with Crippen LogP contribution in [0.4, 0.5) is 0 Å². The zero-order valence-corrected chi connectivity index (χ0v) is 16.3. The first kappa shape index (κ1) is 18.6. The summed E-state index contributed by atoms with van der Waals surface area (Å²) in [5, 5.41) is 7.09. The molecule has 0 bridgehead atoms. The standard InChI is InChI=1S/C20H26N4O4/c1-3-23(4-2)15-7-8-24(11-15)20(25)17-9-14(21-22-17)12-26-16-5-6-18-19(10-16)28-13-27-18/h5-6,9-10,15H,3-4,7-8,11-13H2,1-2H3,(H,21,22)/t15-/m0/s1. The number of hydrogen-bond acceptors (Lipinski definition) is 6. The van der Waals surface area contributed by atoms with Crippen LogP contribution in [-0.4, -0.2) is 64.9 Å². The molecular weight excluding hydrogens is 360 g/mol. The SMILES string of the molecule is CCN(CC)[C@H]1CCN(C(=O)c2cc(COc3ccc4c(c3)OCO4)[nH]n2)C1. The van der Waals surface area contributed by atoms with Gasteiger partial charge in [0, 0.05) is 25.2 Å². The van der Waals surface area contributed by atoms with Gasteiger partial charge in [0.1, 0.15) is 12.4 Å². The van der Waals surface area contributed by atoms with Crippen LogP contribution in [0.3, 0.4) is 0 Å². The number of ether oxygens (including phenoxy) is 3. The van der Waals surface area contributed by atoms with E-state index in [0.717, 1.165) is 44.0 Å². The van der Waals surface area contributed by atoms with Gasteiger partial charge in [-0.1, -0.05) is 13.8 Å². The summed E-state index contributed by atoms with van der Waals surface area (Å²) in [5.41, 5.74) is 1.19. The van der Waals surface area contributed by atoms with E-state index in [0.29, 0.717) is 29.8 Å². The summed E-state index contributed by atoms with van der Waals surface area (Å²) in [6.45, 7) is 8.40. The second-order valence-corrected chi connectivity index (χ2v) is 7.00. The molecule has 1 N–H and O–H groups in total. The second-order valence-electron chi connectivity index (χ2n) is 7.00. The third-order valence-electron chi connectivity index (χ3n) is 5.37. The molecule has 1 aromatic heterocycles. The quantitative estimate of drug-likeness (QED) is 0.786. The summed E-state index contributed by atoms with van der Waals surface area (Å²) in [7, 11) is 0. The Bertz CT molecular complexity index is 833. The minimum absolute atomic E-state index is 0.0276. The molecule has 4 rings (SSSR count). The average Bonchev–Trinajstić information content (AvgIpc) is 3.46. The first-order valence-electron chi connectivity index (χ1n) is 9.78. The van der Waals surface area contributed by atoms with Gasteiger partial charge in [0.05, 0.1) is 5.69 Å². The Balaban J connectivity index is 1.33. The number of nitrogens with one attached hydrogen (secondary N) is 1. The molecule has 150 valence electrons. The number of carbonyl (C=O) groups excluding carboxylic acids is 1. The number of fused-ring (bicyclic) bond motifs is 1. The van der Waals surface area contributed by atoms with Crippen molar-refractivity contribution in [1.82, 2.24) is 20.0 Å². The van der Waals surface area contributed by atoms with Gasteiger partial charge in [-0.2, -0.15) is 5.10 Å². The molecule has 1 saturated heterocycles. The van der Waals surface area contributed by atoms with Crippen LogP contribution in [0.5, 0.6) is 17.2 Å². The number of benzene rings is 1. The van der Waals surface area contributed by atoms with Crippen molar-refractivity contribution in [3.63, 3.8) is 0 Å². The maximum Gasteiger partial charge on any atom is 0.274 e. The van der Waals surface area contributed by atoms with Crippen LogP contribution in [0.1, 0.15) is 36.5 Å². The number of nitrogens with zero attached hydrogens (tertiary/aromatic N) is 3. The number of likely N-dealkylation sites (tertiary alicyclic amines) is 1. The normalized spacial score (nSPS) is 18.1. The van der Waals surface area contributed by atoms with Crippen molar-refractivity contribution in [2.45, 2.75) is 32.9 Å². The highest BCUT2D eigenvalue weighted by Gasteiger charge is 2.30. The number of H-pyrrole nitrogens is 1. The van der Waals surface area contributed by atoms with Crippen LogP contribution in [0.25, 0.3) is 0 Å². The van der Waals surface area contributed by atoms with E-state index in [-0.39, 0.29) is 12.7 Å². The van der Waals surface area contributed by atoms with Crippen molar-refractivity contribution >= 4 is 5.91 Å². The average molecular weight is 386 g/mol. The van der Waals surface area contributed by atoms with Crippen molar-refractivity contribution < 1.29 is 19.0 Å². The molecule has 0 unspecified atom stereocenters. The highest BCUT2D eigenvalue weighted by atomic mass is 16.7. The molecule has 0 aliphatic carbocycles. The molecule has 0 spiro atoms. The maximum atomic E-state index is 12.8. The molecule has 1 fully saturated rings. The molecule has 3 heterocycles. The van der Waals surface area contributed by atoms with Gasteiger partial charge in [-0.15, -0.1) is 0 Å². The van der Waals surface area contributed by atoms with E-state index in [1.54, 1.807) is 12.1 Å². The molecule has 2 aliphatic rings. The van der Waals surface area contributed by atoms with Gasteiger partial charge in [0.2, 0.25) is 6.79 Å². The fourth-order valence-electron chi connectivity index (χ4n) is 3.80. The van der Waals surface area contributed by atoms with Gasteiger partial charge in [0.15, 0.2) is 17.2 Å². The van der Waals surface area contributed by atoms with Crippen LogP contribution in [0.2, 0.25) is 0 Å². The third kappa shape index (κ3) is 3.77. The number of carbonyl (C=O) groups is 1. The summed E-state index contributed by atoms with van der Waals surface area (Å²) in [6, 6.07) is 7.64. The number of aromatic amines is 1. The van der Waals surface area contributed by atoms with Gasteiger partial charge in [-0.05, 0) is 37.7 Å². The molecule has 2 aromatic rings. The van der Waals surface area contributed by atoms with E-state index in [9.17, 15) is 4.79 Å². The van der Waals surface area contributed by atoms with Crippen LogP contribution < -0.4 is 14.2 Å². The lowest BCUT2D eigenvalue weighted by molar-refractivity contribution is 0.0772. The number of likely N-dealkylation sites (N-methyl/N-ethyl adjacent to an activating group) is 1. The Morgan fingerprint density at radius 2 is 2.11 bits per heavy atom. The first-order valence-corrected chi connectivity index (χ1v) is 9.78.